The quantitative estimate of drug-likeness (QED) is 0.430. The lowest BCUT2D eigenvalue weighted by atomic mass is 10.1. The van der Waals surface area contributed by atoms with Crippen LogP contribution in [0.2, 0.25) is 0 Å². The maximum atomic E-state index is 13.2. The number of hydrogen-bond donors (Lipinski definition) is 0. The van der Waals surface area contributed by atoms with E-state index in [4.69, 9.17) is 4.98 Å². The molecule has 2 aromatic heterocycles. The molecule has 0 unspecified atom stereocenters. The zero-order valence-corrected chi connectivity index (χ0v) is 17.4. The number of carbonyl (C=O) groups excluding carboxylic acids is 1. The predicted octanol–water partition coefficient (Wildman–Crippen LogP) is 5.47. The monoisotopic (exact) mass is 401 g/mol. The second kappa shape index (κ2) is 8.53. The third-order valence-electron chi connectivity index (χ3n) is 4.88. The first kappa shape index (κ1) is 19.3. The highest BCUT2D eigenvalue weighted by atomic mass is 32.1. The number of amides is 1. The molecule has 1 amide bonds. The number of fused-ring (bicyclic) bond motifs is 1. The topological polar surface area (TPSA) is 46.1 Å². The number of carbonyl (C=O) groups is 1. The van der Waals surface area contributed by atoms with Crippen molar-refractivity contribution >= 4 is 32.6 Å². The molecule has 0 N–H and O–H groups in total. The Morgan fingerprint density at radius 1 is 1.03 bits per heavy atom. The van der Waals surface area contributed by atoms with Crippen LogP contribution < -0.4 is 4.90 Å². The number of rotatable bonds is 6. The molecular formula is C24H23N3OS. The number of aromatic nitrogens is 2. The van der Waals surface area contributed by atoms with Crippen LogP contribution in [0.25, 0.3) is 10.2 Å². The van der Waals surface area contributed by atoms with E-state index >= 15 is 0 Å². The minimum atomic E-state index is 0.0751. The first-order chi connectivity index (χ1) is 14.1. The molecule has 4 nitrogen and oxygen atoms in total. The Hall–Kier alpha value is -3.05. The second-order valence-electron chi connectivity index (χ2n) is 7.25. The van der Waals surface area contributed by atoms with Gasteiger partial charge in [-0.15, -0.1) is 0 Å². The fraction of sp³-hybridized carbons (Fsp3) is 0.208. The van der Waals surface area contributed by atoms with Crippen molar-refractivity contribution in [1.29, 1.82) is 0 Å². The summed E-state index contributed by atoms with van der Waals surface area (Å²) in [6.45, 7) is 4.63. The van der Waals surface area contributed by atoms with E-state index in [1.807, 2.05) is 30.3 Å². The van der Waals surface area contributed by atoms with Crippen LogP contribution in [0, 0.1) is 13.8 Å². The molecule has 0 bridgehead atoms. The van der Waals surface area contributed by atoms with Crippen molar-refractivity contribution in [3.05, 3.63) is 89.2 Å². The molecule has 29 heavy (non-hydrogen) atoms. The molecule has 4 aromatic rings. The molecule has 0 saturated carbocycles. The number of anilines is 1. The van der Waals surface area contributed by atoms with Gasteiger partial charge in [-0.1, -0.05) is 53.8 Å². The number of thiazole rings is 1. The van der Waals surface area contributed by atoms with Gasteiger partial charge in [0.2, 0.25) is 5.91 Å². The lowest BCUT2D eigenvalue weighted by Crippen LogP contribution is -2.30. The van der Waals surface area contributed by atoms with Crippen LogP contribution in [0.1, 0.15) is 28.7 Å². The van der Waals surface area contributed by atoms with Gasteiger partial charge in [-0.25, -0.2) is 4.98 Å². The molecule has 0 atom stereocenters. The fourth-order valence-corrected chi connectivity index (χ4v) is 4.60. The Bertz CT molecular complexity index is 1120. The normalized spacial score (nSPS) is 11.0. The van der Waals surface area contributed by atoms with Gasteiger partial charge in [-0.3, -0.25) is 14.7 Å². The van der Waals surface area contributed by atoms with Crippen LogP contribution >= 0.6 is 11.3 Å². The van der Waals surface area contributed by atoms with Gasteiger partial charge in [0.25, 0.3) is 0 Å². The number of pyridine rings is 1. The van der Waals surface area contributed by atoms with E-state index in [2.05, 4.69) is 43.1 Å². The highest BCUT2D eigenvalue weighted by Gasteiger charge is 2.21. The van der Waals surface area contributed by atoms with Gasteiger partial charge < -0.3 is 0 Å². The van der Waals surface area contributed by atoms with Crippen LogP contribution in [-0.2, 0) is 17.8 Å². The van der Waals surface area contributed by atoms with Crippen LogP contribution in [0.5, 0.6) is 0 Å². The van der Waals surface area contributed by atoms with Gasteiger partial charge in [-0.05, 0) is 54.7 Å². The zero-order valence-electron chi connectivity index (χ0n) is 16.6. The lowest BCUT2D eigenvalue weighted by Gasteiger charge is -2.20. The van der Waals surface area contributed by atoms with Gasteiger partial charge in [-0.2, -0.15) is 0 Å². The predicted molar refractivity (Wildman–Crippen MR) is 119 cm³/mol. The summed E-state index contributed by atoms with van der Waals surface area (Å²) in [5.74, 6) is 0.0751. The van der Waals surface area contributed by atoms with Gasteiger partial charge in [0.15, 0.2) is 5.13 Å². The van der Waals surface area contributed by atoms with Crippen molar-refractivity contribution in [3.63, 3.8) is 0 Å². The summed E-state index contributed by atoms with van der Waals surface area (Å²) in [5, 5.41) is 0.746. The molecule has 4 rings (SSSR count). The highest BCUT2D eigenvalue weighted by Crippen LogP contribution is 2.32. The van der Waals surface area contributed by atoms with Gasteiger partial charge in [0.05, 0.1) is 16.8 Å². The molecule has 146 valence electrons. The third kappa shape index (κ3) is 4.51. The summed E-state index contributed by atoms with van der Waals surface area (Å²) >= 11 is 1.58. The molecule has 0 aliphatic heterocycles. The van der Waals surface area contributed by atoms with Gasteiger partial charge in [0.1, 0.15) is 0 Å². The Morgan fingerprint density at radius 2 is 1.83 bits per heavy atom. The SMILES string of the molecule is Cc1cc(C)c2nc(N(Cc3cccnc3)C(=O)CCc3ccccc3)sc2c1. The Kier molecular flexibility index (Phi) is 5.67. The van der Waals surface area contributed by atoms with Crippen LogP contribution in [0.4, 0.5) is 5.13 Å². The average molecular weight is 402 g/mol. The molecule has 0 saturated heterocycles. The standard InChI is InChI=1S/C24H23N3OS/c1-17-13-18(2)23-21(14-17)29-24(26-23)27(16-20-9-6-12-25-15-20)22(28)11-10-19-7-4-3-5-8-19/h3-9,12-15H,10-11,16H2,1-2H3. The van der Waals surface area contributed by atoms with Crippen molar-refractivity contribution in [2.75, 3.05) is 4.90 Å². The van der Waals surface area contributed by atoms with E-state index in [0.717, 1.165) is 32.0 Å². The van der Waals surface area contributed by atoms with Crippen LogP contribution in [0.3, 0.4) is 0 Å². The third-order valence-corrected chi connectivity index (χ3v) is 5.91. The summed E-state index contributed by atoms with van der Waals surface area (Å²) in [6.07, 6.45) is 4.71. The van der Waals surface area contributed by atoms with E-state index in [0.29, 0.717) is 19.4 Å². The van der Waals surface area contributed by atoms with Gasteiger partial charge >= 0.3 is 0 Å². The number of benzene rings is 2. The Labute approximate surface area is 174 Å². The highest BCUT2D eigenvalue weighted by molar-refractivity contribution is 7.22. The Morgan fingerprint density at radius 3 is 2.59 bits per heavy atom. The number of aryl methyl sites for hydroxylation is 3. The number of hydrogen-bond acceptors (Lipinski definition) is 4. The zero-order chi connectivity index (χ0) is 20.2. The van der Waals surface area contributed by atoms with Crippen molar-refractivity contribution in [1.82, 2.24) is 9.97 Å². The van der Waals surface area contributed by atoms with Crippen molar-refractivity contribution in [2.24, 2.45) is 0 Å². The fourth-order valence-electron chi connectivity index (χ4n) is 3.44. The summed E-state index contributed by atoms with van der Waals surface area (Å²) < 4.78 is 1.12. The van der Waals surface area contributed by atoms with Crippen molar-refractivity contribution in [3.8, 4) is 0 Å². The first-order valence-electron chi connectivity index (χ1n) is 9.71. The van der Waals surface area contributed by atoms with E-state index in [1.165, 1.54) is 5.56 Å². The van der Waals surface area contributed by atoms with E-state index < -0.39 is 0 Å². The van der Waals surface area contributed by atoms with E-state index in [-0.39, 0.29) is 5.91 Å². The molecule has 0 radical (unpaired) electrons. The minimum Gasteiger partial charge on any atom is -0.284 e. The van der Waals surface area contributed by atoms with Crippen LogP contribution in [0.15, 0.2) is 67.0 Å². The molecule has 2 heterocycles. The van der Waals surface area contributed by atoms with E-state index in [1.54, 1.807) is 28.6 Å². The molecule has 0 aliphatic rings. The molecule has 2 aromatic carbocycles. The largest absolute Gasteiger partial charge is 0.284 e. The summed E-state index contributed by atoms with van der Waals surface area (Å²) in [7, 11) is 0. The maximum Gasteiger partial charge on any atom is 0.229 e. The minimum absolute atomic E-state index is 0.0751. The molecular weight excluding hydrogens is 378 g/mol. The van der Waals surface area contributed by atoms with Gasteiger partial charge in [0, 0.05) is 18.8 Å². The second-order valence-corrected chi connectivity index (χ2v) is 8.26. The Balaban J connectivity index is 1.64. The smallest absolute Gasteiger partial charge is 0.229 e. The summed E-state index contributed by atoms with van der Waals surface area (Å²) in [5.41, 5.74) is 5.48. The molecule has 5 heteroatoms. The van der Waals surface area contributed by atoms with Crippen molar-refractivity contribution < 1.29 is 4.79 Å². The molecule has 0 spiro atoms. The lowest BCUT2D eigenvalue weighted by molar-refractivity contribution is -0.118. The number of nitrogens with zero attached hydrogens (tertiary/aromatic N) is 3. The summed E-state index contributed by atoms with van der Waals surface area (Å²) in [6, 6.07) is 18.3. The molecule has 0 aliphatic carbocycles. The van der Waals surface area contributed by atoms with E-state index in [9.17, 15) is 4.79 Å². The van der Waals surface area contributed by atoms with Crippen LogP contribution in [-0.4, -0.2) is 15.9 Å². The summed E-state index contributed by atoms with van der Waals surface area (Å²) in [4.78, 5) is 24.1. The molecule has 0 fully saturated rings. The first-order valence-corrected chi connectivity index (χ1v) is 10.5. The average Bonchev–Trinajstić information content (AvgIpc) is 3.16. The van der Waals surface area contributed by atoms with Crippen molar-refractivity contribution in [2.45, 2.75) is 33.2 Å². The maximum absolute atomic E-state index is 13.2.